The van der Waals surface area contributed by atoms with Gasteiger partial charge in [0.05, 0.1) is 21.3 Å². The molecular weight excluding hydrogens is 1100 g/mol. The van der Waals surface area contributed by atoms with Crippen molar-refractivity contribution in [1.29, 1.82) is 0 Å². The Balaban J connectivity index is 1.39. The van der Waals surface area contributed by atoms with Crippen molar-refractivity contribution < 1.29 is 14.2 Å². The molecule has 12 bridgehead atoms. The summed E-state index contributed by atoms with van der Waals surface area (Å²) in [6, 6.07) is 29.3. The van der Waals surface area contributed by atoms with Gasteiger partial charge in [-0.25, -0.2) is 15.0 Å². The highest BCUT2D eigenvalue weighted by Crippen LogP contribution is 2.46. The van der Waals surface area contributed by atoms with Crippen LogP contribution in [-0.4, -0.2) is 50.0 Å². The zero-order valence-corrected chi connectivity index (χ0v) is 59.0. The van der Waals surface area contributed by atoms with E-state index in [1.54, 1.807) is 0 Å². The van der Waals surface area contributed by atoms with Gasteiger partial charge in [-0.1, -0.05) is 197 Å². The van der Waals surface area contributed by atoms with Crippen LogP contribution in [0.3, 0.4) is 0 Å². The lowest BCUT2D eigenvalue weighted by Gasteiger charge is -2.29. The fraction of sp³-hybridized carbons (Fsp3) is 0.444. The minimum atomic E-state index is -0.190. The number of aromatic nitrogens is 6. The Morgan fingerprint density at radius 3 is 0.544 bits per heavy atom. The molecule has 90 heavy (non-hydrogen) atoms. The number of nitrogens with zero attached hydrogens (tertiary/aromatic N) is 6. The van der Waals surface area contributed by atoms with E-state index < -0.39 is 0 Å². The first-order valence-corrected chi connectivity index (χ1v) is 32.5. The molecule has 0 aliphatic heterocycles. The van der Waals surface area contributed by atoms with Gasteiger partial charge in [0, 0.05) is 114 Å². The van der Waals surface area contributed by atoms with Gasteiger partial charge in [-0.05, 0) is 133 Å². The lowest BCUT2D eigenvalue weighted by atomic mass is 9.77. The lowest BCUT2D eigenvalue weighted by Crippen LogP contribution is -2.17. The van der Waals surface area contributed by atoms with E-state index >= 15 is 0 Å². The highest BCUT2D eigenvalue weighted by atomic mass is 16.5. The molecule has 0 saturated heterocycles. The molecule has 9 nitrogen and oxygen atoms in total. The number of hydrogen-bond acceptors (Lipinski definition) is 6. The number of aryl methyl sites for hydroxylation is 3. The number of fused-ring (bicyclic) bond motifs is 12. The van der Waals surface area contributed by atoms with Crippen LogP contribution in [0.2, 0.25) is 0 Å². The van der Waals surface area contributed by atoms with E-state index in [0.29, 0.717) is 38.5 Å². The summed E-state index contributed by atoms with van der Waals surface area (Å²) in [7, 11) is 12.0. The van der Waals surface area contributed by atoms with Crippen molar-refractivity contribution in [3.8, 4) is 51.4 Å². The Hall–Kier alpha value is -7.65. The second-order valence-corrected chi connectivity index (χ2v) is 32.1. The minimum absolute atomic E-state index is 0.189. The molecule has 0 atom stereocenters. The first kappa shape index (κ1) is 65.3. The number of hydrogen-bond donors (Lipinski definition) is 0. The smallest absolute Gasteiger partial charge is 0.140 e. The number of imidazole rings is 3. The summed E-state index contributed by atoms with van der Waals surface area (Å²) in [6.45, 7) is 42.0. The van der Waals surface area contributed by atoms with Gasteiger partial charge < -0.3 is 27.9 Å². The molecule has 1 aliphatic rings. The molecule has 0 amide bonds. The standard InChI is InChI=1S/C81H102N6O3/c1-76(2,3)61-37-49-31-55-43-64(79(10,11)12)45-57(70(55)88-22)33-51-39-62(77(4,5)6)41-53(68(51)74-83-26-29-86(74)20)35-59-47-66(81(16,17)18)48-60(72(59)90-24)36-54-42-63(78(7,8)9)40-52(69(54)75-84-27-30-87(75)21)34-58-46-65(80(13,14)15)44-56(71(58)89-23)32-50(38-61)67(49)73-82-25-28-85(73)19/h25-30,37-48H,31-36H2,1-24H3. The van der Waals surface area contributed by atoms with Crippen LogP contribution in [0.15, 0.2) is 110 Å². The minimum Gasteiger partial charge on any atom is -0.496 e. The summed E-state index contributed by atoms with van der Waals surface area (Å²) in [5.74, 6) is 5.47. The van der Waals surface area contributed by atoms with Crippen LogP contribution < -0.4 is 14.2 Å². The average molecular weight is 1210 g/mol. The van der Waals surface area contributed by atoms with Crippen LogP contribution in [0.5, 0.6) is 17.2 Å². The van der Waals surface area contributed by atoms with E-state index in [4.69, 9.17) is 29.2 Å². The van der Waals surface area contributed by atoms with Crippen molar-refractivity contribution in [2.24, 2.45) is 21.1 Å². The Morgan fingerprint density at radius 1 is 0.267 bits per heavy atom. The molecule has 0 saturated carbocycles. The van der Waals surface area contributed by atoms with Gasteiger partial charge in [-0.15, -0.1) is 0 Å². The molecule has 3 heterocycles. The summed E-state index contributed by atoms with van der Waals surface area (Å²) >= 11 is 0. The lowest BCUT2D eigenvalue weighted by molar-refractivity contribution is 0.405. The molecule has 0 spiro atoms. The van der Waals surface area contributed by atoms with Crippen LogP contribution >= 0.6 is 0 Å². The number of benzene rings is 6. The molecule has 1 aliphatic carbocycles. The monoisotopic (exact) mass is 1210 g/mol. The molecule has 9 heteroatoms. The Kier molecular flexibility index (Phi) is 17.3. The maximum absolute atomic E-state index is 6.86. The molecule has 0 fully saturated rings. The van der Waals surface area contributed by atoms with E-state index in [2.05, 4.69) is 251 Å². The van der Waals surface area contributed by atoms with Crippen LogP contribution in [0.1, 0.15) is 225 Å². The van der Waals surface area contributed by atoms with Gasteiger partial charge in [0.2, 0.25) is 0 Å². The summed E-state index contributed by atoms with van der Waals surface area (Å²) in [5.41, 5.74) is 23.8. The number of ether oxygens (including phenoxy) is 3. The quantitative estimate of drug-likeness (QED) is 0.165. The highest BCUT2D eigenvalue weighted by molar-refractivity contribution is 5.74. The molecule has 474 valence electrons. The fourth-order valence-electron chi connectivity index (χ4n) is 13.5. The molecule has 10 rings (SSSR count). The van der Waals surface area contributed by atoms with Crippen LogP contribution in [0.25, 0.3) is 34.2 Å². The number of rotatable bonds is 6. The normalized spacial score (nSPS) is 13.7. The maximum Gasteiger partial charge on any atom is 0.140 e. The third-order valence-electron chi connectivity index (χ3n) is 18.9. The zero-order chi connectivity index (χ0) is 65.5. The van der Waals surface area contributed by atoms with E-state index in [0.717, 1.165) is 84.8 Å². The molecule has 9 aromatic rings. The van der Waals surface area contributed by atoms with Crippen molar-refractivity contribution in [2.75, 3.05) is 21.3 Å². The van der Waals surface area contributed by atoms with E-state index in [1.165, 1.54) is 66.8 Å². The molecule has 0 unspecified atom stereocenters. The summed E-state index contributed by atoms with van der Waals surface area (Å²) in [4.78, 5) is 15.7. The topological polar surface area (TPSA) is 81.2 Å². The number of methoxy groups -OCH3 is 3. The van der Waals surface area contributed by atoms with Crippen LogP contribution in [0.4, 0.5) is 0 Å². The maximum atomic E-state index is 6.86. The van der Waals surface area contributed by atoms with Gasteiger partial charge in [0.25, 0.3) is 0 Å². The van der Waals surface area contributed by atoms with Gasteiger partial charge in [0.1, 0.15) is 34.7 Å². The molecule has 0 radical (unpaired) electrons. The van der Waals surface area contributed by atoms with Gasteiger partial charge in [-0.2, -0.15) is 0 Å². The first-order valence-electron chi connectivity index (χ1n) is 32.5. The summed E-state index contributed by atoms with van der Waals surface area (Å²) in [5, 5.41) is 0. The van der Waals surface area contributed by atoms with E-state index in [-0.39, 0.29) is 32.5 Å². The average Bonchev–Trinajstić information content (AvgIpc) is 1.46. The third-order valence-corrected chi connectivity index (χ3v) is 18.9. The predicted molar refractivity (Wildman–Crippen MR) is 374 cm³/mol. The van der Waals surface area contributed by atoms with Crippen molar-refractivity contribution in [3.63, 3.8) is 0 Å². The fourth-order valence-corrected chi connectivity index (χ4v) is 13.5. The first-order chi connectivity index (χ1) is 42.0. The van der Waals surface area contributed by atoms with Crippen molar-refractivity contribution >= 4 is 0 Å². The largest absolute Gasteiger partial charge is 0.496 e. The SMILES string of the molecule is COc1c2cc(C(C)(C)C)cc1Cc1cc(C(C)(C)C)cc(c1-c1nccn1C)Cc1cc(C(C)(C)C)cc(c1OC)Cc1cc(C(C)(C)C)cc(c1-c1nccn1C)Cc1cc(C(C)(C)C)cc(c1OC)Cc1cc(C(C)(C)C)cc(c1-c1nccn1C)C2. The van der Waals surface area contributed by atoms with Crippen LogP contribution in [-0.2, 0) is 92.2 Å². The third kappa shape index (κ3) is 13.1. The van der Waals surface area contributed by atoms with Crippen molar-refractivity contribution in [3.05, 3.63) is 210 Å². The Bertz CT molecular complexity index is 3600. The van der Waals surface area contributed by atoms with Gasteiger partial charge in [-0.3, -0.25) is 0 Å². The summed E-state index contributed by atoms with van der Waals surface area (Å²) in [6.07, 6.45) is 15.7. The molecule has 6 aromatic carbocycles. The van der Waals surface area contributed by atoms with E-state index in [9.17, 15) is 0 Å². The highest BCUT2D eigenvalue weighted by Gasteiger charge is 2.32. The van der Waals surface area contributed by atoms with Crippen molar-refractivity contribution in [1.82, 2.24) is 28.7 Å². The molecule has 0 N–H and O–H groups in total. The Morgan fingerprint density at radius 2 is 0.422 bits per heavy atom. The van der Waals surface area contributed by atoms with Crippen molar-refractivity contribution in [2.45, 2.75) is 196 Å². The Labute approximate surface area is 539 Å². The zero-order valence-electron chi connectivity index (χ0n) is 59.0. The second kappa shape index (κ2) is 23.9. The van der Waals surface area contributed by atoms with Gasteiger partial charge >= 0.3 is 0 Å². The summed E-state index contributed by atoms with van der Waals surface area (Å²) < 4.78 is 27.1. The molecule has 3 aromatic heterocycles. The van der Waals surface area contributed by atoms with E-state index in [1.807, 2.05) is 39.9 Å². The second-order valence-electron chi connectivity index (χ2n) is 32.1. The van der Waals surface area contributed by atoms with Gasteiger partial charge in [0.15, 0.2) is 0 Å². The predicted octanol–water partition coefficient (Wildman–Crippen LogP) is 18.6. The molecular formula is C81H102N6O3. The van der Waals surface area contributed by atoms with Crippen LogP contribution in [0, 0.1) is 0 Å².